The van der Waals surface area contributed by atoms with Gasteiger partial charge in [-0.15, -0.1) is 0 Å². The second kappa shape index (κ2) is 5.72. The van der Waals surface area contributed by atoms with Crippen LogP contribution in [0.5, 0.6) is 0 Å². The van der Waals surface area contributed by atoms with Crippen molar-refractivity contribution in [3.05, 3.63) is 0 Å². The predicted molar refractivity (Wildman–Crippen MR) is 56.0 cm³/mol. The summed E-state index contributed by atoms with van der Waals surface area (Å²) in [5.41, 5.74) is 0. The Morgan fingerprint density at radius 2 is 2.33 bits per heavy atom. The van der Waals surface area contributed by atoms with Crippen LogP contribution in [0.25, 0.3) is 0 Å². The molecule has 4 nitrogen and oxygen atoms in total. The number of hydrogen-bond donors (Lipinski definition) is 0. The average molecular weight is 210 g/mol. The lowest BCUT2D eigenvalue weighted by Gasteiger charge is -2.14. The van der Waals surface area contributed by atoms with Crippen molar-refractivity contribution in [3.8, 4) is 6.07 Å². The van der Waals surface area contributed by atoms with E-state index in [1.165, 1.54) is 0 Å². The molecule has 1 aliphatic heterocycles. The number of carbonyl (C=O) groups is 1. The highest BCUT2D eigenvalue weighted by molar-refractivity contribution is 5.78. The summed E-state index contributed by atoms with van der Waals surface area (Å²) >= 11 is 0. The summed E-state index contributed by atoms with van der Waals surface area (Å²) in [6.07, 6.45) is -0.00588. The van der Waals surface area contributed by atoms with Gasteiger partial charge in [-0.05, 0) is 12.8 Å². The van der Waals surface area contributed by atoms with Crippen molar-refractivity contribution in [2.24, 2.45) is 11.8 Å². The van der Waals surface area contributed by atoms with Crippen molar-refractivity contribution >= 4 is 5.91 Å². The molecule has 1 rings (SSSR count). The summed E-state index contributed by atoms with van der Waals surface area (Å²) in [5, 5.41) is 8.45. The molecule has 4 heteroatoms. The van der Waals surface area contributed by atoms with Crippen LogP contribution in [0.3, 0.4) is 0 Å². The lowest BCUT2D eigenvalue weighted by Crippen LogP contribution is -2.28. The molecule has 0 radical (unpaired) electrons. The maximum atomic E-state index is 11.5. The monoisotopic (exact) mass is 210 g/mol. The van der Waals surface area contributed by atoms with Crippen LogP contribution in [0.2, 0.25) is 0 Å². The van der Waals surface area contributed by atoms with E-state index in [9.17, 15) is 4.79 Å². The van der Waals surface area contributed by atoms with E-state index in [4.69, 9.17) is 10.00 Å². The van der Waals surface area contributed by atoms with Crippen LogP contribution < -0.4 is 0 Å². The van der Waals surface area contributed by atoms with Crippen LogP contribution in [0, 0.1) is 23.2 Å². The van der Waals surface area contributed by atoms with Crippen molar-refractivity contribution < 1.29 is 9.53 Å². The fourth-order valence-corrected chi connectivity index (χ4v) is 1.90. The SMILES string of the molecule is CCOC[C@H]1CN(C(=O)CC#N)C[C@@H]1C. The molecule has 2 atom stereocenters. The molecule has 0 bridgehead atoms. The minimum atomic E-state index is -0.0525. The lowest BCUT2D eigenvalue weighted by molar-refractivity contribution is -0.129. The van der Waals surface area contributed by atoms with Crippen molar-refractivity contribution in [1.29, 1.82) is 5.26 Å². The van der Waals surface area contributed by atoms with Crippen LogP contribution in [-0.2, 0) is 9.53 Å². The molecule has 1 heterocycles. The van der Waals surface area contributed by atoms with Crippen molar-refractivity contribution in [2.75, 3.05) is 26.3 Å². The van der Waals surface area contributed by atoms with Gasteiger partial charge in [-0.2, -0.15) is 5.26 Å². The first-order valence-corrected chi connectivity index (χ1v) is 5.41. The molecule has 0 aliphatic carbocycles. The Bertz CT molecular complexity index is 260. The quantitative estimate of drug-likeness (QED) is 0.696. The van der Waals surface area contributed by atoms with Crippen molar-refractivity contribution in [2.45, 2.75) is 20.3 Å². The third-order valence-corrected chi connectivity index (χ3v) is 2.89. The van der Waals surface area contributed by atoms with Gasteiger partial charge in [-0.1, -0.05) is 6.92 Å². The number of carbonyl (C=O) groups excluding carboxylic acids is 1. The van der Waals surface area contributed by atoms with Crippen LogP contribution in [0.1, 0.15) is 20.3 Å². The summed E-state index contributed by atoms with van der Waals surface area (Å²) in [6.45, 7) is 7.03. The van der Waals surface area contributed by atoms with E-state index in [-0.39, 0.29) is 12.3 Å². The zero-order valence-corrected chi connectivity index (χ0v) is 9.40. The van der Waals surface area contributed by atoms with Gasteiger partial charge in [0.1, 0.15) is 6.42 Å². The number of rotatable bonds is 4. The molecule has 15 heavy (non-hydrogen) atoms. The molecule has 84 valence electrons. The second-order valence-electron chi connectivity index (χ2n) is 4.03. The normalized spacial score (nSPS) is 25.3. The van der Waals surface area contributed by atoms with Crippen LogP contribution in [-0.4, -0.2) is 37.1 Å². The number of nitriles is 1. The molecule has 0 spiro atoms. The fraction of sp³-hybridized carbons (Fsp3) is 0.818. The largest absolute Gasteiger partial charge is 0.381 e. The lowest BCUT2D eigenvalue weighted by atomic mass is 9.99. The maximum Gasteiger partial charge on any atom is 0.236 e. The Labute approximate surface area is 90.8 Å². The highest BCUT2D eigenvalue weighted by Gasteiger charge is 2.31. The van der Waals surface area contributed by atoms with Crippen LogP contribution in [0.15, 0.2) is 0 Å². The molecule has 1 saturated heterocycles. The van der Waals surface area contributed by atoms with E-state index in [1.807, 2.05) is 13.0 Å². The summed E-state index contributed by atoms with van der Waals surface area (Å²) < 4.78 is 5.37. The predicted octanol–water partition coefficient (Wildman–Crippen LogP) is 1.03. The van der Waals surface area contributed by atoms with Crippen LogP contribution >= 0.6 is 0 Å². The molecule has 0 aromatic carbocycles. The third-order valence-electron chi connectivity index (χ3n) is 2.89. The molecule has 1 aliphatic rings. The van der Waals surface area contributed by atoms with Gasteiger partial charge in [-0.25, -0.2) is 0 Å². The zero-order valence-electron chi connectivity index (χ0n) is 9.40. The molecular weight excluding hydrogens is 192 g/mol. The van der Waals surface area contributed by atoms with Gasteiger partial charge in [-0.3, -0.25) is 4.79 Å². The topological polar surface area (TPSA) is 53.3 Å². The van der Waals surface area contributed by atoms with Gasteiger partial charge < -0.3 is 9.64 Å². The Morgan fingerprint density at radius 3 is 2.93 bits per heavy atom. The van der Waals surface area contributed by atoms with Gasteiger partial charge in [0.2, 0.25) is 5.91 Å². The van der Waals surface area contributed by atoms with Gasteiger partial charge >= 0.3 is 0 Å². The van der Waals surface area contributed by atoms with E-state index >= 15 is 0 Å². The Hall–Kier alpha value is -1.08. The minimum absolute atomic E-state index is 0.00588. The summed E-state index contributed by atoms with van der Waals surface area (Å²) in [4.78, 5) is 13.2. The Balaban J connectivity index is 2.41. The highest BCUT2D eigenvalue weighted by atomic mass is 16.5. The van der Waals surface area contributed by atoms with E-state index < -0.39 is 0 Å². The number of likely N-dealkylation sites (tertiary alicyclic amines) is 1. The highest BCUT2D eigenvalue weighted by Crippen LogP contribution is 2.23. The van der Waals surface area contributed by atoms with E-state index in [0.717, 1.165) is 19.7 Å². The minimum Gasteiger partial charge on any atom is -0.381 e. The van der Waals surface area contributed by atoms with Gasteiger partial charge in [0.25, 0.3) is 0 Å². The van der Waals surface area contributed by atoms with Crippen molar-refractivity contribution in [1.82, 2.24) is 4.90 Å². The summed E-state index contributed by atoms with van der Waals surface area (Å²) in [6, 6.07) is 1.89. The van der Waals surface area contributed by atoms with Crippen molar-refractivity contribution in [3.63, 3.8) is 0 Å². The Kier molecular flexibility index (Phi) is 4.57. The molecule has 0 aromatic rings. The molecule has 0 unspecified atom stereocenters. The number of amides is 1. The average Bonchev–Trinajstić information content (AvgIpc) is 2.57. The Morgan fingerprint density at radius 1 is 1.60 bits per heavy atom. The smallest absolute Gasteiger partial charge is 0.236 e. The van der Waals surface area contributed by atoms with Gasteiger partial charge in [0.05, 0.1) is 12.7 Å². The first kappa shape index (κ1) is 12.0. The number of hydrogen-bond acceptors (Lipinski definition) is 3. The first-order valence-electron chi connectivity index (χ1n) is 5.41. The molecular formula is C11H18N2O2. The van der Waals surface area contributed by atoms with Crippen LogP contribution in [0.4, 0.5) is 0 Å². The molecule has 1 amide bonds. The molecule has 0 N–H and O–H groups in total. The second-order valence-corrected chi connectivity index (χ2v) is 4.03. The zero-order chi connectivity index (χ0) is 11.3. The number of ether oxygens (including phenoxy) is 1. The standard InChI is InChI=1S/C11H18N2O2/c1-3-15-8-10-7-13(6-9(10)2)11(14)4-5-12/h9-10H,3-4,6-8H2,1-2H3/t9-,10+/m0/s1. The maximum absolute atomic E-state index is 11.5. The van der Waals surface area contributed by atoms with E-state index in [0.29, 0.717) is 18.4 Å². The molecule has 1 fully saturated rings. The van der Waals surface area contributed by atoms with Gasteiger partial charge in [0, 0.05) is 25.6 Å². The third kappa shape index (κ3) is 3.21. The number of nitrogens with zero attached hydrogens (tertiary/aromatic N) is 2. The van der Waals surface area contributed by atoms with E-state index in [2.05, 4.69) is 6.92 Å². The fourth-order valence-electron chi connectivity index (χ4n) is 1.90. The molecule has 0 aromatic heterocycles. The summed E-state index contributed by atoms with van der Waals surface area (Å²) in [7, 11) is 0. The molecule has 0 saturated carbocycles. The first-order chi connectivity index (χ1) is 7.19. The summed E-state index contributed by atoms with van der Waals surface area (Å²) in [5.74, 6) is 0.843. The van der Waals surface area contributed by atoms with Gasteiger partial charge in [0.15, 0.2) is 0 Å². The van der Waals surface area contributed by atoms with E-state index in [1.54, 1.807) is 4.90 Å².